The second-order valence-corrected chi connectivity index (χ2v) is 4.32. The third-order valence-electron chi connectivity index (χ3n) is 2.90. The van der Waals surface area contributed by atoms with Crippen LogP contribution >= 0.6 is 0 Å². The first kappa shape index (κ1) is 13.5. The van der Waals surface area contributed by atoms with Crippen LogP contribution in [0.3, 0.4) is 0 Å². The average Bonchev–Trinajstić information content (AvgIpc) is 2.87. The SMILES string of the molecule is CCCn1nccc1CNCc1cccnc1OC. The molecule has 0 saturated heterocycles. The maximum atomic E-state index is 5.23. The molecule has 1 N–H and O–H groups in total. The van der Waals surface area contributed by atoms with Gasteiger partial charge >= 0.3 is 0 Å². The Morgan fingerprint density at radius 2 is 2.16 bits per heavy atom. The quantitative estimate of drug-likeness (QED) is 0.827. The van der Waals surface area contributed by atoms with E-state index >= 15 is 0 Å². The molecule has 0 aliphatic heterocycles. The number of methoxy groups -OCH3 is 1. The van der Waals surface area contributed by atoms with E-state index in [9.17, 15) is 0 Å². The highest BCUT2D eigenvalue weighted by Gasteiger charge is 2.04. The topological polar surface area (TPSA) is 52.0 Å². The van der Waals surface area contributed by atoms with Gasteiger partial charge in [-0.15, -0.1) is 0 Å². The lowest BCUT2D eigenvalue weighted by molar-refractivity contribution is 0.390. The van der Waals surface area contributed by atoms with E-state index in [2.05, 4.69) is 22.3 Å². The molecule has 0 aliphatic rings. The van der Waals surface area contributed by atoms with Crippen LogP contribution in [0.25, 0.3) is 0 Å². The van der Waals surface area contributed by atoms with Crippen LogP contribution in [0.15, 0.2) is 30.6 Å². The summed E-state index contributed by atoms with van der Waals surface area (Å²) in [4.78, 5) is 4.18. The Morgan fingerprint density at radius 1 is 1.26 bits per heavy atom. The van der Waals surface area contributed by atoms with E-state index < -0.39 is 0 Å². The molecular formula is C14H20N4O. The van der Waals surface area contributed by atoms with Crippen molar-refractivity contribution < 1.29 is 4.74 Å². The van der Waals surface area contributed by atoms with Gasteiger partial charge in [0.05, 0.1) is 12.8 Å². The summed E-state index contributed by atoms with van der Waals surface area (Å²) >= 11 is 0. The minimum Gasteiger partial charge on any atom is -0.481 e. The van der Waals surface area contributed by atoms with E-state index in [1.54, 1.807) is 13.3 Å². The van der Waals surface area contributed by atoms with Crippen LogP contribution in [0.2, 0.25) is 0 Å². The first-order chi connectivity index (χ1) is 9.35. The highest BCUT2D eigenvalue weighted by Crippen LogP contribution is 2.13. The molecule has 0 saturated carbocycles. The van der Waals surface area contributed by atoms with Crippen molar-refractivity contribution in [2.24, 2.45) is 0 Å². The first-order valence-corrected chi connectivity index (χ1v) is 6.54. The second kappa shape index (κ2) is 6.89. The molecule has 0 aromatic carbocycles. The molecule has 5 heteroatoms. The van der Waals surface area contributed by atoms with Gasteiger partial charge in [-0.3, -0.25) is 4.68 Å². The number of aromatic nitrogens is 3. The van der Waals surface area contributed by atoms with Gasteiger partial charge in [0.2, 0.25) is 5.88 Å². The van der Waals surface area contributed by atoms with Crippen LogP contribution in [0, 0.1) is 0 Å². The molecule has 0 atom stereocenters. The summed E-state index contributed by atoms with van der Waals surface area (Å²) in [6.07, 6.45) is 4.67. The van der Waals surface area contributed by atoms with Crippen LogP contribution in [-0.4, -0.2) is 21.9 Å². The van der Waals surface area contributed by atoms with Crippen molar-refractivity contribution in [2.45, 2.75) is 33.0 Å². The van der Waals surface area contributed by atoms with Crippen LogP contribution in [-0.2, 0) is 19.6 Å². The smallest absolute Gasteiger partial charge is 0.217 e. The molecule has 102 valence electrons. The largest absolute Gasteiger partial charge is 0.481 e. The van der Waals surface area contributed by atoms with Gasteiger partial charge in [-0.05, 0) is 18.6 Å². The Kier molecular flexibility index (Phi) is 4.92. The Balaban J connectivity index is 1.91. The van der Waals surface area contributed by atoms with E-state index in [1.165, 1.54) is 5.69 Å². The summed E-state index contributed by atoms with van der Waals surface area (Å²) in [5, 5.41) is 7.70. The van der Waals surface area contributed by atoms with Crippen LogP contribution in [0.5, 0.6) is 5.88 Å². The van der Waals surface area contributed by atoms with Gasteiger partial charge in [-0.1, -0.05) is 13.0 Å². The fourth-order valence-corrected chi connectivity index (χ4v) is 1.99. The molecule has 0 bridgehead atoms. The molecule has 0 aliphatic carbocycles. The predicted octanol–water partition coefficient (Wildman–Crippen LogP) is 1.99. The Labute approximate surface area is 113 Å². The molecule has 0 unspecified atom stereocenters. The molecule has 0 radical (unpaired) electrons. The monoisotopic (exact) mass is 260 g/mol. The summed E-state index contributed by atoms with van der Waals surface area (Å²) in [5.41, 5.74) is 2.26. The summed E-state index contributed by atoms with van der Waals surface area (Å²) in [6, 6.07) is 5.98. The number of rotatable bonds is 7. The summed E-state index contributed by atoms with van der Waals surface area (Å²) in [7, 11) is 1.64. The fourth-order valence-electron chi connectivity index (χ4n) is 1.99. The third-order valence-corrected chi connectivity index (χ3v) is 2.90. The van der Waals surface area contributed by atoms with Gasteiger partial charge in [-0.2, -0.15) is 5.10 Å². The van der Waals surface area contributed by atoms with Crippen molar-refractivity contribution in [3.8, 4) is 5.88 Å². The van der Waals surface area contributed by atoms with Crippen molar-refractivity contribution in [3.05, 3.63) is 41.9 Å². The second-order valence-electron chi connectivity index (χ2n) is 4.32. The number of ether oxygens (including phenoxy) is 1. The number of nitrogens with one attached hydrogen (secondary N) is 1. The van der Waals surface area contributed by atoms with Crippen LogP contribution in [0.1, 0.15) is 24.6 Å². The van der Waals surface area contributed by atoms with E-state index in [4.69, 9.17) is 4.74 Å². The van der Waals surface area contributed by atoms with Gasteiger partial charge in [0, 0.05) is 37.6 Å². The minimum absolute atomic E-state index is 0.678. The van der Waals surface area contributed by atoms with Crippen molar-refractivity contribution in [1.29, 1.82) is 0 Å². The predicted molar refractivity (Wildman–Crippen MR) is 73.9 cm³/mol. The molecule has 2 aromatic rings. The van der Waals surface area contributed by atoms with E-state index in [-0.39, 0.29) is 0 Å². The Morgan fingerprint density at radius 3 is 2.95 bits per heavy atom. The van der Waals surface area contributed by atoms with Crippen LogP contribution < -0.4 is 10.1 Å². The molecule has 19 heavy (non-hydrogen) atoms. The lowest BCUT2D eigenvalue weighted by Gasteiger charge is -2.09. The van der Waals surface area contributed by atoms with Gasteiger partial charge in [0.25, 0.3) is 0 Å². The fraction of sp³-hybridized carbons (Fsp3) is 0.429. The van der Waals surface area contributed by atoms with Crippen molar-refractivity contribution >= 4 is 0 Å². The molecular weight excluding hydrogens is 240 g/mol. The lowest BCUT2D eigenvalue weighted by atomic mass is 10.2. The zero-order chi connectivity index (χ0) is 13.5. The number of nitrogens with zero attached hydrogens (tertiary/aromatic N) is 3. The summed E-state index contributed by atoms with van der Waals surface area (Å²) in [5.74, 6) is 0.678. The third kappa shape index (κ3) is 3.54. The first-order valence-electron chi connectivity index (χ1n) is 6.54. The summed E-state index contributed by atoms with van der Waals surface area (Å²) < 4.78 is 7.26. The van der Waals surface area contributed by atoms with Gasteiger partial charge in [0.1, 0.15) is 0 Å². The number of hydrogen-bond acceptors (Lipinski definition) is 4. The molecule has 0 spiro atoms. The normalized spacial score (nSPS) is 10.6. The van der Waals surface area contributed by atoms with Crippen LogP contribution in [0.4, 0.5) is 0 Å². The van der Waals surface area contributed by atoms with Gasteiger partial charge in [0.15, 0.2) is 0 Å². The molecule has 2 aromatic heterocycles. The van der Waals surface area contributed by atoms with Crippen molar-refractivity contribution in [3.63, 3.8) is 0 Å². The number of aryl methyl sites for hydroxylation is 1. The maximum Gasteiger partial charge on any atom is 0.217 e. The summed E-state index contributed by atoms with van der Waals surface area (Å²) in [6.45, 7) is 4.63. The molecule has 0 amide bonds. The average molecular weight is 260 g/mol. The van der Waals surface area contributed by atoms with E-state index in [0.717, 1.165) is 31.6 Å². The van der Waals surface area contributed by atoms with Gasteiger partial charge in [-0.25, -0.2) is 4.98 Å². The minimum atomic E-state index is 0.678. The molecule has 2 rings (SSSR count). The maximum absolute atomic E-state index is 5.23. The van der Waals surface area contributed by atoms with Crippen molar-refractivity contribution in [2.75, 3.05) is 7.11 Å². The molecule has 5 nitrogen and oxygen atoms in total. The number of pyridine rings is 1. The zero-order valence-electron chi connectivity index (χ0n) is 11.5. The highest BCUT2D eigenvalue weighted by molar-refractivity contribution is 5.25. The Hall–Kier alpha value is -1.88. The lowest BCUT2D eigenvalue weighted by Crippen LogP contribution is -2.17. The van der Waals surface area contributed by atoms with E-state index in [0.29, 0.717) is 5.88 Å². The standard InChI is InChI=1S/C14H20N4O/c1-3-9-18-13(6-8-17-18)11-15-10-12-5-4-7-16-14(12)19-2/h4-8,15H,3,9-11H2,1-2H3. The van der Waals surface area contributed by atoms with Crippen molar-refractivity contribution in [1.82, 2.24) is 20.1 Å². The zero-order valence-corrected chi connectivity index (χ0v) is 11.5. The number of hydrogen-bond donors (Lipinski definition) is 1. The molecule has 2 heterocycles. The van der Waals surface area contributed by atoms with Gasteiger partial charge < -0.3 is 10.1 Å². The highest BCUT2D eigenvalue weighted by atomic mass is 16.5. The molecule has 0 fully saturated rings. The Bertz CT molecular complexity index is 510. The van der Waals surface area contributed by atoms with E-state index in [1.807, 2.05) is 29.1 Å².